The molecule has 0 atom stereocenters. The van der Waals surface area contributed by atoms with Crippen molar-refractivity contribution in [2.75, 3.05) is 12.8 Å². The number of nitrogens with zero attached hydrogens (tertiary/aromatic N) is 2. The van der Waals surface area contributed by atoms with Crippen molar-refractivity contribution in [3.05, 3.63) is 33.4 Å². The van der Waals surface area contributed by atoms with Crippen molar-refractivity contribution in [3.63, 3.8) is 0 Å². The SMILES string of the molecule is CNS(=O)(=O)c1c(C(=N)NOC(=O)C2CCCC2)nn(-c2c(Cl)cc(C(F)(F)F)cc2Cl)c1N. The molecule has 0 aliphatic heterocycles. The van der Waals surface area contributed by atoms with Crippen molar-refractivity contribution in [2.24, 2.45) is 5.92 Å². The fourth-order valence-corrected chi connectivity index (χ4v) is 5.05. The lowest BCUT2D eigenvalue weighted by molar-refractivity contribution is -0.152. The number of aromatic nitrogens is 2. The summed E-state index contributed by atoms with van der Waals surface area (Å²) in [5.41, 5.74) is 5.95. The van der Waals surface area contributed by atoms with Crippen LogP contribution in [0.15, 0.2) is 17.0 Å². The number of anilines is 1. The maximum atomic E-state index is 13.1. The van der Waals surface area contributed by atoms with E-state index in [2.05, 4.69) is 10.6 Å². The highest BCUT2D eigenvalue weighted by atomic mass is 35.5. The molecule has 2 aromatic rings. The topological polar surface area (TPSA) is 152 Å². The third kappa shape index (κ3) is 5.09. The van der Waals surface area contributed by atoms with Crippen molar-refractivity contribution in [1.29, 1.82) is 5.41 Å². The summed E-state index contributed by atoms with van der Waals surface area (Å²) in [7, 11) is -3.27. The number of hydrogen-bond donors (Lipinski definition) is 4. The van der Waals surface area contributed by atoms with Crippen molar-refractivity contribution in [3.8, 4) is 5.69 Å². The maximum Gasteiger partial charge on any atom is 0.416 e. The number of sulfonamides is 1. The van der Waals surface area contributed by atoms with Crippen LogP contribution in [0, 0.1) is 11.3 Å². The Labute approximate surface area is 202 Å². The zero-order chi connectivity index (χ0) is 25.4. The molecule has 16 heteroatoms. The van der Waals surface area contributed by atoms with Crippen LogP contribution in [0.4, 0.5) is 19.0 Å². The van der Waals surface area contributed by atoms with Gasteiger partial charge < -0.3 is 10.6 Å². The summed E-state index contributed by atoms with van der Waals surface area (Å²) in [6.45, 7) is 0. The van der Waals surface area contributed by atoms with Crippen molar-refractivity contribution < 1.29 is 31.2 Å². The van der Waals surface area contributed by atoms with Gasteiger partial charge >= 0.3 is 12.1 Å². The Morgan fingerprint density at radius 2 is 1.82 bits per heavy atom. The van der Waals surface area contributed by atoms with Crippen molar-refractivity contribution in [2.45, 2.75) is 36.8 Å². The Kier molecular flexibility index (Phi) is 7.36. The fourth-order valence-electron chi connectivity index (χ4n) is 3.44. The van der Waals surface area contributed by atoms with E-state index < -0.39 is 60.0 Å². The van der Waals surface area contributed by atoms with Gasteiger partial charge in [0, 0.05) is 0 Å². The summed E-state index contributed by atoms with van der Waals surface area (Å²) >= 11 is 12.0. The Balaban J connectivity index is 2.05. The molecular weight excluding hydrogens is 524 g/mol. The lowest BCUT2D eigenvalue weighted by Gasteiger charge is -2.13. The van der Waals surface area contributed by atoms with Crippen LogP contribution in [-0.2, 0) is 25.8 Å². The van der Waals surface area contributed by atoms with Gasteiger partial charge in [0.1, 0.15) is 11.5 Å². The normalized spacial score (nSPS) is 14.9. The van der Waals surface area contributed by atoms with Crippen LogP contribution in [0.1, 0.15) is 36.9 Å². The molecule has 3 rings (SSSR count). The van der Waals surface area contributed by atoms with Gasteiger partial charge in [-0.3, -0.25) is 5.41 Å². The summed E-state index contributed by atoms with van der Waals surface area (Å²) in [5, 5.41) is 11.0. The van der Waals surface area contributed by atoms with E-state index in [9.17, 15) is 26.4 Å². The molecule has 10 nitrogen and oxygen atoms in total. The molecule has 1 saturated carbocycles. The number of nitrogen functional groups attached to an aromatic ring is 1. The number of rotatable bonds is 5. The standard InChI is InChI=1S/C18H19Cl2F3N6O4S/c1-26-34(31,32)14-12(15(24)28-33-17(30)8-4-2-3-5-8)27-29(16(14)25)13-10(19)6-9(7-11(13)20)18(21,22)23/h6-8,26H,2-5,25H2,1H3,(H2,24,28). The molecule has 1 heterocycles. The number of carbonyl (C=O) groups excluding carboxylic acids is 1. The lowest BCUT2D eigenvalue weighted by atomic mass is 10.1. The van der Waals surface area contributed by atoms with Gasteiger partial charge in [-0.05, 0) is 32.0 Å². The second kappa shape index (κ2) is 9.60. The molecule has 34 heavy (non-hydrogen) atoms. The third-order valence-electron chi connectivity index (χ3n) is 5.15. The number of alkyl halides is 3. The number of nitrogens with one attached hydrogen (secondary N) is 3. The molecule has 0 spiro atoms. The van der Waals surface area contributed by atoms with E-state index in [1.807, 2.05) is 4.72 Å². The average molecular weight is 543 g/mol. The minimum absolute atomic E-state index is 0.344. The molecular formula is C18H19Cl2F3N6O4S. The molecule has 0 bridgehead atoms. The van der Waals surface area contributed by atoms with E-state index >= 15 is 0 Å². The van der Waals surface area contributed by atoms with Crippen LogP contribution in [0.2, 0.25) is 10.0 Å². The van der Waals surface area contributed by atoms with Crippen LogP contribution in [0.3, 0.4) is 0 Å². The second-order valence-corrected chi connectivity index (χ2v) is 9.99. The molecule has 1 aromatic heterocycles. The first kappa shape index (κ1) is 26.1. The predicted molar refractivity (Wildman–Crippen MR) is 117 cm³/mol. The first-order valence-electron chi connectivity index (χ1n) is 9.72. The summed E-state index contributed by atoms with van der Waals surface area (Å²) in [6, 6.07) is 1.14. The number of nitrogens with two attached hydrogens (primary N) is 1. The van der Waals surface area contributed by atoms with E-state index in [1.165, 1.54) is 0 Å². The van der Waals surface area contributed by atoms with Gasteiger partial charge in [-0.25, -0.2) is 22.6 Å². The van der Waals surface area contributed by atoms with E-state index in [1.54, 1.807) is 0 Å². The quantitative estimate of drug-likeness (QED) is 0.257. The zero-order valence-corrected chi connectivity index (χ0v) is 19.8. The van der Waals surface area contributed by atoms with Crippen LogP contribution < -0.4 is 15.9 Å². The molecule has 1 fully saturated rings. The second-order valence-electron chi connectivity index (χ2n) is 7.35. The molecule has 0 radical (unpaired) electrons. The Bertz CT molecular complexity index is 1220. The maximum absolute atomic E-state index is 13.1. The molecule has 0 unspecified atom stereocenters. The molecule has 1 aromatic carbocycles. The lowest BCUT2D eigenvalue weighted by Crippen LogP contribution is -2.32. The summed E-state index contributed by atoms with van der Waals surface area (Å²) < 4.78 is 67.1. The molecule has 1 aliphatic rings. The Morgan fingerprint density at radius 3 is 2.32 bits per heavy atom. The first-order valence-corrected chi connectivity index (χ1v) is 12.0. The van der Waals surface area contributed by atoms with Gasteiger partial charge in [-0.1, -0.05) is 36.0 Å². The van der Waals surface area contributed by atoms with Gasteiger partial charge in [-0.15, -0.1) is 0 Å². The number of benzene rings is 1. The molecule has 0 amide bonds. The number of amidine groups is 1. The molecule has 186 valence electrons. The number of hydroxylamine groups is 1. The first-order chi connectivity index (χ1) is 15.8. The van der Waals surface area contributed by atoms with Crippen molar-refractivity contribution >= 4 is 50.8 Å². The number of hydrogen-bond acceptors (Lipinski definition) is 7. The fraction of sp³-hybridized carbons (Fsp3) is 0.389. The van der Waals surface area contributed by atoms with E-state index in [0.717, 1.165) is 19.9 Å². The molecule has 0 saturated heterocycles. The number of carbonyl (C=O) groups is 1. The highest BCUT2D eigenvalue weighted by Crippen LogP contribution is 2.39. The van der Waals surface area contributed by atoms with Gasteiger partial charge in [0.25, 0.3) is 0 Å². The monoisotopic (exact) mass is 542 g/mol. The number of halogens is 5. The zero-order valence-electron chi connectivity index (χ0n) is 17.5. The average Bonchev–Trinajstić information content (AvgIpc) is 3.39. The van der Waals surface area contributed by atoms with Gasteiger partial charge in [0.2, 0.25) is 10.0 Å². The van der Waals surface area contributed by atoms with E-state index in [0.29, 0.717) is 29.7 Å². The molecule has 5 N–H and O–H groups in total. The Hall–Kier alpha value is -2.55. The predicted octanol–water partition coefficient (Wildman–Crippen LogP) is 3.25. The highest BCUT2D eigenvalue weighted by Gasteiger charge is 2.35. The smallest absolute Gasteiger partial charge is 0.382 e. The summed E-state index contributed by atoms with van der Waals surface area (Å²) in [6.07, 6.45) is -1.78. The largest absolute Gasteiger partial charge is 0.416 e. The van der Waals surface area contributed by atoms with E-state index in [-0.39, 0.29) is 11.6 Å². The summed E-state index contributed by atoms with van der Waals surface area (Å²) in [4.78, 5) is 16.3. The highest BCUT2D eigenvalue weighted by molar-refractivity contribution is 7.89. The van der Waals surface area contributed by atoms with Crippen LogP contribution >= 0.6 is 23.2 Å². The molecule has 1 aliphatic carbocycles. The Morgan fingerprint density at radius 1 is 1.26 bits per heavy atom. The van der Waals surface area contributed by atoms with E-state index in [4.69, 9.17) is 39.2 Å². The minimum atomic E-state index is -4.75. The van der Waals surface area contributed by atoms with Crippen LogP contribution in [0.25, 0.3) is 5.69 Å². The van der Waals surface area contributed by atoms with Crippen LogP contribution in [0.5, 0.6) is 0 Å². The van der Waals surface area contributed by atoms with Gasteiger partial charge in [0.15, 0.2) is 16.4 Å². The summed E-state index contributed by atoms with van der Waals surface area (Å²) in [5.74, 6) is -2.32. The van der Waals surface area contributed by atoms with Crippen molar-refractivity contribution in [1.82, 2.24) is 20.0 Å². The third-order valence-corrected chi connectivity index (χ3v) is 7.20. The minimum Gasteiger partial charge on any atom is -0.382 e. The van der Waals surface area contributed by atoms with Gasteiger partial charge in [-0.2, -0.15) is 23.8 Å². The van der Waals surface area contributed by atoms with Crippen LogP contribution in [-0.4, -0.2) is 37.1 Å². The van der Waals surface area contributed by atoms with Gasteiger partial charge in [0.05, 0.1) is 21.5 Å².